The second kappa shape index (κ2) is 7.17. The van der Waals surface area contributed by atoms with Crippen LogP contribution in [0.15, 0.2) is 18.2 Å². The van der Waals surface area contributed by atoms with Crippen molar-refractivity contribution in [2.45, 2.75) is 11.9 Å². The molecule has 0 aliphatic rings. The molecule has 1 rings (SSSR count). The van der Waals surface area contributed by atoms with Crippen LogP contribution in [0.4, 0.5) is 4.39 Å². The molecule has 5 heteroatoms. The van der Waals surface area contributed by atoms with Crippen molar-refractivity contribution in [2.75, 3.05) is 27.3 Å². The minimum atomic E-state index is -0.280. The van der Waals surface area contributed by atoms with Crippen molar-refractivity contribution in [2.24, 2.45) is 0 Å². The standard InChI is InChI=1S/C12H16Cl2FNO/c1-16(7-10(13)8-17-2)6-9-5-11(15)3-4-12(9)14/h3-5,10H,6-8H2,1-2H3. The Bertz CT molecular complexity index is 362. The Kier molecular flexibility index (Phi) is 6.20. The Morgan fingerprint density at radius 1 is 1.47 bits per heavy atom. The van der Waals surface area contributed by atoms with E-state index in [1.165, 1.54) is 12.1 Å². The van der Waals surface area contributed by atoms with Gasteiger partial charge in [-0.05, 0) is 30.8 Å². The summed E-state index contributed by atoms with van der Waals surface area (Å²) in [6.45, 7) is 1.70. The van der Waals surface area contributed by atoms with Crippen molar-refractivity contribution < 1.29 is 9.13 Å². The van der Waals surface area contributed by atoms with Crippen molar-refractivity contribution in [3.8, 4) is 0 Å². The van der Waals surface area contributed by atoms with Gasteiger partial charge in [-0.15, -0.1) is 11.6 Å². The van der Waals surface area contributed by atoms with Crippen LogP contribution < -0.4 is 0 Å². The van der Waals surface area contributed by atoms with Gasteiger partial charge in [-0.3, -0.25) is 0 Å². The molecule has 1 unspecified atom stereocenters. The fraction of sp³-hybridized carbons (Fsp3) is 0.500. The molecule has 0 radical (unpaired) electrons. The van der Waals surface area contributed by atoms with E-state index in [2.05, 4.69) is 0 Å². The number of hydrogen-bond acceptors (Lipinski definition) is 2. The van der Waals surface area contributed by atoms with Crippen LogP contribution in [0, 0.1) is 5.82 Å². The summed E-state index contributed by atoms with van der Waals surface area (Å²) in [5.74, 6) is -0.280. The lowest BCUT2D eigenvalue weighted by atomic mass is 10.2. The third kappa shape index (κ3) is 5.21. The van der Waals surface area contributed by atoms with Gasteiger partial charge in [0.25, 0.3) is 0 Å². The minimum Gasteiger partial charge on any atom is -0.383 e. The molecule has 0 amide bonds. The summed E-state index contributed by atoms with van der Waals surface area (Å²) in [5.41, 5.74) is 0.760. The average Bonchev–Trinajstić information content (AvgIpc) is 2.23. The highest BCUT2D eigenvalue weighted by atomic mass is 35.5. The van der Waals surface area contributed by atoms with Gasteiger partial charge in [-0.2, -0.15) is 0 Å². The monoisotopic (exact) mass is 279 g/mol. The third-order valence-electron chi connectivity index (χ3n) is 2.31. The van der Waals surface area contributed by atoms with Crippen molar-refractivity contribution in [1.29, 1.82) is 0 Å². The summed E-state index contributed by atoms with van der Waals surface area (Å²) in [6, 6.07) is 4.35. The average molecular weight is 280 g/mol. The van der Waals surface area contributed by atoms with E-state index in [4.69, 9.17) is 27.9 Å². The second-order valence-corrected chi connectivity index (χ2v) is 5.01. The van der Waals surface area contributed by atoms with E-state index in [0.717, 1.165) is 5.56 Å². The summed E-state index contributed by atoms with van der Waals surface area (Å²) in [7, 11) is 3.52. The van der Waals surface area contributed by atoms with Crippen molar-refractivity contribution in [3.05, 3.63) is 34.6 Å². The van der Waals surface area contributed by atoms with Crippen LogP contribution in [0.2, 0.25) is 5.02 Å². The molecule has 0 heterocycles. The molecule has 17 heavy (non-hydrogen) atoms. The number of nitrogens with zero attached hydrogens (tertiary/aromatic N) is 1. The molecule has 96 valence electrons. The summed E-state index contributed by atoms with van der Waals surface area (Å²) in [5, 5.41) is 0.480. The van der Waals surface area contributed by atoms with E-state index in [-0.39, 0.29) is 11.2 Å². The Balaban J connectivity index is 2.55. The number of rotatable bonds is 6. The maximum absolute atomic E-state index is 13.1. The molecule has 0 aliphatic heterocycles. The number of ether oxygens (including phenoxy) is 1. The topological polar surface area (TPSA) is 12.5 Å². The molecular weight excluding hydrogens is 264 g/mol. The highest BCUT2D eigenvalue weighted by molar-refractivity contribution is 6.31. The van der Waals surface area contributed by atoms with Crippen LogP contribution in [-0.4, -0.2) is 37.6 Å². The second-order valence-electron chi connectivity index (χ2n) is 3.99. The lowest BCUT2D eigenvalue weighted by molar-refractivity contribution is 0.181. The summed E-state index contributed by atoms with van der Waals surface area (Å²) >= 11 is 12.0. The Hall–Kier alpha value is -0.350. The van der Waals surface area contributed by atoms with Gasteiger partial charge in [0.1, 0.15) is 5.82 Å². The number of halogens is 3. The van der Waals surface area contributed by atoms with Crippen molar-refractivity contribution in [3.63, 3.8) is 0 Å². The number of alkyl halides is 1. The van der Waals surface area contributed by atoms with Crippen LogP contribution in [0.1, 0.15) is 5.56 Å². The lowest BCUT2D eigenvalue weighted by Gasteiger charge is -2.20. The maximum atomic E-state index is 13.1. The zero-order valence-corrected chi connectivity index (χ0v) is 11.4. The zero-order chi connectivity index (χ0) is 12.8. The van der Waals surface area contributed by atoms with E-state index >= 15 is 0 Å². The normalized spacial score (nSPS) is 13.1. The lowest BCUT2D eigenvalue weighted by Crippen LogP contribution is -2.28. The molecule has 2 nitrogen and oxygen atoms in total. The first-order chi connectivity index (χ1) is 8.02. The first kappa shape index (κ1) is 14.7. The number of methoxy groups -OCH3 is 1. The quantitative estimate of drug-likeness (QED) is 0.742. The SMILES string of the molecule is COCC(Cl)CN(C)Cc1cc(F)ccc1Cl. The van der Waals surface area contributed by atoms with Crippen LogP contribution in [-0.2, 0) is 11.3 Å². The molecule has 0 bridgehead atoms. The zero-order valence-electron chi connectivity index (χ0n) is 9.92. The predicted molar refractivity (Wildman–Crippen MR) is 69.3 cm³/mol. The fourth-order valence-corrected chi connectivity index (χ4v) is 2.13. The molecular formula is C12H16Cl2FNO. The molecule has 0 saturated heterocycles. The molecule has 0 spiro atoms. The van der Waals surface area contributed by atoms with Gasteiger partial charge in [0, 0.05) is 25.2 Å². The molecule has 0 aliphatic carbocycles. The molecule has 0 saturated carbocycles. The van der Waals surface area contributed by atoms with Gasteiger partial charge in [0.15, 0.2) is 0 Å². The third-order valence-corrected chi connectivity index (χ3v) is 2.94. The van der Waals surface area contributed by atoms with Crippen molar-refractivity contribution in [1.82, 2.24) is 4.90 Å². The highest BCUT2D eigenvalue weighted by Gasteiger charge is 2.10. The van der Waals surface area contributed by atoms with Gasteiger partial charge in [0.2, 0.25) is 0 Å². The first-order valence-electron chi connectivity index (χ1n) is 5.28. The smallest absolute Gasteiger partial charge is 0.123 e. The molecule has 1 aromatic carbocycles. The summed E-state index contributed by atoms with van der Waals surface area (Å²) < 4.78 is 18.0. The molecule has 1 atom stereocenters. The predicted octanol–water partition coefficient (Wildman–Crippen LogP) is 3.16. The van der Waals surface area contributed by atoms with E-state index < -0.39 is 0 Å². The molecule has 1 aromatic rings. The van der Waals surface area contributed by atoms with E-state index in [1.54, 1.807) is 13.2 Å². The van der Waals surface area contributed by atoms with Gasteiger partial charge < -0.3 is 9.64 Å². The molecule has 0 fully saturated rings. The van der Waals surface area contributed by atoms with Gasteiger partial charge in [-0.1, -0.05) is 11.6 Å². The fourth-order valence-electron chi connectivity index (χ4n) is 1.59. The Labute approximate surface area is 111 Å². The van der Waals surface area contributed by atoms with Crippen LogP contribution in [0.25, 0.3) is 0 Å². The van der Waals surface area contributed by atoms with Gasteiger partial charge in [-0.25, -0.2) is 4.39 Å². The molecule has 0 N–H and O–H groups in total. The maximum Gasteiger partial charge on any atom is 0.123 e. The largest absolute Gasteiger partial charge is 0.383 e. The minimum absolute atomic E-state index is 0.0858. The first-order valence-corrected chi connectivity index (χ1v) is 6.10. The van der Waals surface area contributed by atoms with Crippen LogP contribution >= 0.6 is 23.2 Å². The highest BCUT2D eigenvalue weighted by Crippen LogP contribution is 2.18. The van der Waals surface area contributed by atoms with E-state index in [1.807, 2.05) is 11.9 Å². The van der Waals surface area contributed by atoms with Crippen molar-refractivity contribution >= 4 is 23.2 Å². The van der Waals surface area contributed by atoms with Crippen LogP contribution in [0.5, 0.6) is 0 Å². The number of benzene rings is 1. The molecule has 0 aromatic heterocycles. The Morgan fingerprint density at radius 2 is 2.18 bits per heavy atom. The summed E-state index contributed by atoms with van der Waals surface area (Å²) in [4.78, 5) is 1.98. The van der Waals surface area contributed by atoms with E-state index in [9.17, 15) is 4.39 Å². The summed E-state index contributed by atoms with van der Waals surface area (Å²) in [6.07, 6.45) is 0. The number of hydrogen-bond donors (Lipinski definition) is 0. The van der Waals surface area contributed by atoms with Gasteiger partial charge >= 0.3 is 0 Å². The van der Waals surface area contributed by atoms with Crippen LogP contribution in [0.3, 0.4) is 0 Å². The van der Waals surface area contributed by atoms with Gasteiger partial charge in [0.05, 0.1) is 12.0 Å². The van der Waals surface area contributed by atoms with E-state index in [0.29, 0.717) is 24.7 Å². The Morgan fingerprint density at radius 3 is 2.82 bits per heavy atom.